The van der Waals surface area contributed by atoms with E-state index in [2.05, 4.69) is 20.9 Å². The smallest absolute Gasteiger partial charge is 0.244 e. The number of pyridine rings is 1. The molecule has 2 rings (SSSR count). The highest BCUT2D eigenvalue weighted by molar-refractivity contribution is 9.10. The molecule has 0 amide bonds. The predicted octanol–water partition coefficient (Wildman–Crippen LogP) is 5.18. The third kappa shape index (κ3) is 3.01. The van der Waals surface area contributed by atoms with Crippen LogP contribution in [0.4, 0.5) is 5.69 Å². The first-order chi connectivity index (χ1) is 8.47. The normalized spacial score (nSPS) is 10.4. The summed E-state index contributed by atoms with van der Waals surface area (Å²) in [4.78, 5) is 3.97. The van der Waals surface area contributed by atoms with Crippen LogP contribution in [-0.4, -0.2) is 4.98 Å². The second-order valence-electron chi connectivity index (χ2n) is 3.33. The highest BCUT2D eigenvalue weighted by Gasteiger charge is 2.11. The molecule has 3 nitrogen and oxygen atoms in total. The fourth-order valence-electron chi connectivity index (χ4n) is 1.20. The molecule has 0 spiro atoms. The average molecular weight is 368 g/mol. The number of nitrogens with two attached hydrogens (primary N) is 1. The highest BCUT2D eigenvalue weighted by Crippen LogP contribution is 2.37. The van der Waals surface area contributed by atoms with Gasteiger partial charge in [-0.25, -0.2) is 0 Å². The second kappa shape index (κ2) is 5.53. The molecular formula is C11H6BrCl3N2O. The van der Waals surface area contributed by atoms with Gasteiger partial charge in [-0.3, -0.25) is 0 Å². The lowest BCUT2D eigenvalue weighted by molar-refractivity contribution is 0.466. The summed E-state index contributed by atoms with van der Waals surface area (Å²) in [6, 6.07) is 6.36. The number of nitrogen functional groups attached to an aromatic ring is 1. The first-order valence-electron chi connectivity index (χ1n) is 4.72. The maximum Gasteiger partial charge on any atom is 0.244 e. The van der Waals surface area contributed by atoms with Gasteiger partial charge in [0.05, 0.1) is 15.7 Å². The van der Waals surface area contributed by atoms with Crippen molar-refractivity contribution in [3.05, 3.63) is 43.9 Å². The van der Waals surface area contributed by atoms with Crippen LogP contribution in [-0.2, 0) is 0 Å². The Morgan fingerprint density at radius 2 is 1.83 bits per heavy atom. The van der Waals surface area contributed by atoms with Crippen LogP contribution in [0, 0.1) is 0 Å². The molecule has 0 aliphatic rings. The van der Waals surface area contributed by atoms with Crippen LogP contribution in [0.2, 0.25) is 15.2 Å². The van der Waals surface area contributed by atoms with Crippen LogP contribution < -0.4 is 10.5 Å². The average Bonchev–Trinajstić information content (AvgIpc) is 2.30. The summed E-state index contributed by atoms with van der Waals surface area (Å²) in [6.07, 6.45) is 0. The van der Waals surface area contributed by atoms with Gasteiger partial charge in [0, 0.05) is 10.5 Å². The fraction of sp³-hybridized carbons (Fsp3) is 0. The van der Waals surface area contributed by atoms with E-state index in [0.717, 1.165) is 0 Å². The third-order valence-corrected chi connectivity index (χ3v) is 3.74. The Balaban J connectivity index is 2.40. The van der Waals surface area contributed by atoms with E-state index in [1.54, 1.807) is 24.3 Å². The summed E-state index contributed by atoms with van der Waals surface area (Å²) in [5.74, 6) is 0.536. The van der Waals surface area contributed by atoms with Gasteiger partial charge in [-0.2, -0.15) is 4.98 Å². The largest absolute Gasteiger partial charge is 0.435 e. The molecule has 1 aromatic heterocycles. The lowest BCUT2D eigenvalue weighted by atomic mass is 10.3. The van der Waals surface area contributed by atoms with Crippen molar-refractivity contribution in [2.24, 2.45) is 0 Å². The van der Waals surface area contributed by atoms with Crippen LogP contribution >= 0.6 is 50.7 Å². The molecule has 0 atom stereocenters. The van der Waals surface area contributed by atoms with Gasteiger partial charge in [-0.05, 0) is 34.1 Å². The number of hydrogen-bond donors (Lipinski definition) is 1. The molecule has 0 fully saturated rings. The first kappa shape index (κ1) is 13.7. The summed E-state index contributed by atoms with van der Waals surface area (Å²) < 4.78 is 6.17. The molecule has 0 aliphatic heterocycles. The van der Waals surface area contributed by atoms with E-state index in [1.165, 1.54) is 0 Å². The molecule has 2 aromatic rings. The molecule has 0 unspecified atom stereocenters. The first-order valence-corrected chi connectivity index (χ1v) is 6.64. The lowest BCUT2D eigenvalue weighted by Gasteiger charge is -2.10. The van der Waals surface area contributed by atoms with Crippen molar-refractivity contribution in [2.45, 2.75) is 0 Å². The Hall–Kier alpha value is -0.680. The van der Waals surface area contributed by atoms with Crippen LogP contribution in [0.5, 0.6) is 11.6 Å². The molecule has 0 radical (unpaired) electrons. The van der Waals surface area contributed by atoms with E-state index < -0.39 is 0 Å². The lowest BCUT2D eigenvalue weighted by Crippen LogP contribution is -1.95. The summed E-state index contributed by atoms with van der Waals surface area (Å²) in [6.45, 7) is 0. The van der Waals surface area contributed by atoms with Gasteiger partial charge in [0.25, 0.3) is 0 Å². The molecule has 0 saturated heterocycles. The minimum absolute atomic E-state index is 0.183. The van der Waals surface area contributed by atoms with Crippen molar-refractivity contribution in [1.29, 1.82) is 0 Å². The molecule has 94 valence electrons. The van der Waals surface area contributed by atoms with Crippen LogP contribution in [0.25, 0.3) is 0 Å². The molecule has 0 aliphatic carbocycles. The molecule has 0 saturated carbocycles. The van der Waals surface area contributed by atoms with E-state index in [4.69, 9.17) is 45.3 Å². The Labute approximate surface area is 127 Å². The molecule has 2 N–H and O–H groups in total. The van der Waals surface area contributed by atoms with E-state index in [0.29, 0.717) is 26.0 Å². The van der Waals surface area contributed by atoms with Crippen molar-refractivity contribution in [3.63, 3.8) is 0 Å². The molecule has 1 heterocycles. The molecule has 0 bridgehead atoms. The zero-order valence-corrected chi connectivity index (χ0v) is 12.6. The molecule has 7 heteroatoms. The van der Waals surface area contributed by atoms with E-state index in [1.807, 2.05) is 0 Å². The Morgan fingerprint density at radius 1 is 1.11 bits per heavy atom. The van der Waals surface area contributed by atoms with Crippen molar-refractivity contribution in [1.82, 2.24) is 4.98 Å². The second-order valence-corrected chi connectivity index (χ2v) is 5.38. The monoisotopic (exact) mass is 366 g/mol. The minimum Gasteiger partial charge on any atom is -0.435 e. The topological polar surface area (TPSA) is 48.1 Å². The van der Waals surface area contributed by atoms with E-state index >= 15 is 0 Å². The third-order valence-electron chi connectivity index (χ3n) is 2.04. The molecular weight excluding hydrogens is 362 g/mol. The number of benzene rings is 1. The Bertz CT molecular complexity index is 607. The number of nitrogens with zero attached hydrogens (tertiary/aromatic N) is 1. The number of anilines is 1. The van der Waals surface area contributed by atoms with Gasteiger partial charge in [0.2, 0.25) is 5.88 Å². The van der Waals surface area contributed by atoms with Crippen molar-refractivity contribution in [2.75, 3.05) is 5.73 Å². The summed E-state index contributed by atoms with van der Waals surface area (Å²) >= 11 is 21.0. The number of aromatic nitrogens is 1. The van der Waals surface area contributed by atoms with Gasteiger partial charge in [-0.1, -0.05) is 34.8 Å². The van der Waals surface area contributed by atoms with E-state index in [-0.39, 0.29) is 11.0 Å². The quantitative estimate of drug-likeness (QED) is 0.587. The van der Waals surface area contributed by atoms with Crippen LogP contribution in [0.1, 0.15) is 0 Å². The fourth-order valence-corrected chi connectivity index (χ4v) is 2.17. The maximum absolute atomic E-state index is 6.03. The number of ether oxygens (including phenoxy) is 1. The van der Waals surface area contributed by atoms with Gasteiger partial charge in [0.1, 0.15) is 10.9 Å². The number of rotatable bonds is 2. The zero-order chi connectivity index (χ0) is 13.3. The zero-order valence-electron chi connectivity index (χ0n) is 8.75. The number of hydrogen-bond acceptors (Lipinski definition) is 3. The minimum atomic E-state index is 0.183. The van der Waals surface area contributed by atoms with Crippen LogP contribution in [0.15, 0.2) is 28.7 Å². The van der Waals surface area contributed by atoms with Gasteiger partial charge in [-0.15, -0.1) is 0 Å². The van der Waals surface area contributed by atoms with Gasteiger partial charge in [0.15, 0.2) is 0 Å². The van der Waals surface area contributed by atoms with Crippen molar-refractivity contribution >= 4 is 56.4 Å². The van der Waals surface area contributed by atoms with Crippen molar-refractivity contribution < 1.29 is 4.74 Å². The van der Waals surface area contributed by atoms with Crippen molar-refractivity contribution in [3.8, 4) is 11.6 Å². The maximum atomic E-state index is 6.03. The number of halogens is 4. The Kier molecular flexibility index (Phi) is 4.22. The Morgan fingerprint density at radius 3 is 2.56 bits per heavy atom. The standard InChI is InChI=1S/C11H6BrCl3N2O/c12-5-3-7(14)9(4-6(5)13)18-11-8(16)1-2-10(15)17-11/h1-4H,16H2. The SMILES string of the molecule is Nc1ccc(Cl)nc1Oc1cc(Cl)c(Br)cc1Cl. The van der Waals surface area contributed by atoms with Gasteiger partial charge >= 0.3 is 0 Å². The van der Waals surface area contributed by atoms with Crippen LogP contribution in [0.3, 0.4) is 0 Å². The highest BCUT2D eigenvalue weighted by atomic mass is 79.9. The molecule has 18 heavy (non-hydrogen) atoms. The molecule has 1 aromatic carbocycles. The predicted molar refractivity (Wildman–Crippen MR) is 77.9 cm³/mol. The summed E-state index contributed by atoms with van der Waals surface area (Å²) in [5.41, 5.74) is 6.08. The summed E-state index contributed by atoms with van der Waals surface area (Å²) in [7, 11) is 0. The van der Waals surface area contributed by atoms with E-state index in [9.17, 15) is 0 Å². The van der Waals surface area contributed by atoms with Gasteiger partial charge < -0.3 is 10.5 Å². The summed E-state index contributed by atoms with van der Waals surface area (Å²) in [5, 5.41) is 1.13.